The van der Waals surface area contributed by atoms with Gasteiger partial charge in [-0.25, -0.2) is 12.8 Å². The van der Waals surface area contributed by atoms with Crippen molar-refractivity contribution >= 4 is 27.3 Å². The molecule has 0 aromatic heterocycles. The van der Waals surface area contributed by atoms with E-state index in [0.717, 1.165) is 34.7 Å². The molecule has 0 spiro atoms. The quantitative estimate of drug-likeness (QED) is 0.552. The third-order valence-electron chi connectivity index (χ3n) is 6.35. The number of carbonyl (C=O) groups is 1. The molecule has 9 heteroatoms. The normalized spacial score (nSPS) is 14.6. The fourth-order valence-electron chi connectivity index (χ4n) is 4.04. The van der Waals surface area contributed by atoms with Gasteiger partial charge in [0.15, 0.2) is 0 Å². The number of hydrogen-bond acceptors (Lipinski definition) is 5. The number of methoxy groups -OCH3 is 1. The number of hydrogen-bond donors (Lipinski definition) is 1. The first-order chi connectivity index (χ1) is 16.7. The predicted octanol–water partition coefficient (Wildman–Crippen LogP) is 4.21. The molecule has 4 rings (SSSR count). The van der Waals surface area contributed by atoms with Gasteiger partial charge in [0, 0.05) is 37.6 Å². The summed E-state index contributed by atoms with van der Waals surface area (Å²) in [6.45, 7) is 5.33. The van der Waals surface area contributed by atoms with Crippen LogP contribution in [0.1, 0.15) is 21.5 Å². The molecule has 0 radical (unpaired) electrons. The molecule has 0 saturated carbocycles. The Morgan fingerprint density at radius 1 is 0.971 bits per heavy atom. The van der Waals surface area contributed by atoms with Gasteiger partial charge in [0.25, 0.3) is 5.91 Å². The van der Waals surface area contributed by atoms with Crippen LogP contribution in [-0.4, -0.2) is 51.9 Å². The van der Waals surface area contributed by atoms with Crippen LogP contribution in [0.4, 0.5) is 15.8 Å². The summed E-state index contributed by atoms with van der Waals surface area (Å²) in [4.78, 5) is 14.8. The highest BCUT2D eigenvalue weighted by Gasteiger charge is 2.30. The van der Waals surface area contributed by atoms with Crippen LogP contribution < -0.4 is 15.0 Å². The van der Waals surface area contributed by atoms with Gasteiger partial charge >= 0.3 is 0 Å². The molecule has 0 unspecified atom stereocenters. The summed E-state index contributed by atoms with van der Waals surface area (Å²) in [6, 6.07) is 16.4. The number of anilines is 2. The van der Waals surface area contributed by atoms with Crippen LogP contribution in [0.2, 0.25) is 0 Å². The van der Waals surface area contributed by atoms with Crippen molar-refractivity contribution in [1.29, 1.82) is 0 Å². The van der Waals surface area contributed by atoms with Gasteiger partial charge < -0.3 is 15.0 Å². The summed E-state index contributed by atoms with van der Waals surface area (Å²) in [5, 5.41) is 2.70. The number of nitrogens with one attached hydrogen (secondary N) is 1. The number of benzene rings is 3. The topological polar surface area (TPSA) is 79.0 Å². The molecule has 35 heavy (non-hydrogen) atoms. The molecule has 184 valence electrons. The molecular weight excluding hydrogens is 469 g/mol. The summed E-state index contributed by atoms with van der Waals surface area (Å²) < 4.78 is 47.7. The van der Waals surface area contributed by atoms with Gasteiger partial charge in [-0.05, 0) is 73.5 Å². The number of halogens is 1. The zero-order valence-electron chi connectivity index (χ0n) is 19.9. The SMILES string of the molecule is COc1ccc(N2CCN(S(=O)(=O)c3ccc(F)c(C(=O)Nc4cccc(C)c4C)c3)CC2)cc1. The molecular formula is C26H28FN3O4S. The second kappa shape index (κ2) is 10.1. The van der Waals surface area contributed by atoms with Crippen LogP contribution in [0, 0.1) is 19.7 Å². The van der Waals surface area contributed by atoms with E-state index in [2.05, 4.69) is 10.2 Å². The molecule has 1 N–H and O–H groups in total. The van der Waals surface area contributed by atoms with E-state index in [9.17, 15) is 17.6 Å². The Balaban J connectivity index is 1.50. The van der Waals surface area contributed by atoms with E-state index < -0.39 is 21.7 Å². The van der Waals surface area contributed by atoms with Gasteiger partial charge in [-0.1, -0.05) is 12.1 Å². The number of amides is 1. The fraction of sp³-hybridized carbons (Fsp3) is 0.269. The lowest BCUT2D eigenvalue weighted by molar-refractivity contribution is 0.102. The lowest BCUT2D eigenvalue weighted by Crippen LogP contribution is -2.48. The van der Waals surface area contributed by atoms with E-state index >= 15 is 0 Å². The summed E-state index contributed by atoms with van der Waals surface area (Å²) >= 11 is 0. The maximum atomic E-state index is 14.5. The maximum Gasteiger partial charge on any atom is 0.258 e. The first-order valence-corrected chi connectivity index (χ1v) is 12.7. The first-order valence-electron chi connectivity index (χ1n) is 11.3. The minimum atomic E-state index is -3.90. The van der Waals surface area contributed by atoms with Crippen molar-refractivity contribution in [2.24, 2.45) is 0 Å². The molecule has 1 fully saturated rings. The van der Waals surface area contributed by atoms with Gasteiger partial charge in [0.05, 0.1) is 17.6 Å². The van der Waals surface area contributed by atoms with Crippen LogP contribution in [0.25, 0.3) is 0 Å². The van der Waals surface area contributed by atoms with Crippen molar-refractivity contribution in [3.8, 4) is 5.75 Å². The van der Waals surface area contributed by atoms with E-state index in [1.165, 1.54) is 10.4 Å². The van der Waals surface area contributed by atoms with E-state index in [1.54, 1.807) is 19.2 Å². The lowest BCUT2D eigenvalue weighted by Gasteiger charge is -2.35. The summed E-state index contributed by atoms with van der Waals surface area (Å²) in [5.41, 5.74) is 3.06. The van der Waals surface area contributed by atoms with Crippen LogP contribution in [0.5, 0.6) is 5.75 Å². The van der Waals surface area contributed by atoms with Crippen molar-refractivity contribution in [1.82, 2.24) is 4.31 Å². The molecule has 0 bridgehead atoms. The van der Waals surface area contributed by atoms with Crippen molar-refractivity contribution in [2.45, 2.75) is 18.7 Å². The molecule has 1 amide bonds. The Morgan fingerprint density at radius 2 is 1.66 bits per heavy atom. The third kappa shape index (κ3) is 5.16. The first kappa shape index (κ1) is 24.7. The number of carbonyl (C=O) groups excluding carboxylic acids is 1. The van der Waals surface area contributed by atoms with E-state index in [4.69, 9.17) is 4.74 Å². The van der Waals surface area contributed by atoms with E-state index in [0.29, 0.717) is 18.8 Å². The van der Waals surface area contributed by atoms with E-state index in [-0.39, 0.29) is 23.5 Å². The van der Waals surface area contributed by atoms with Gasteiger partial charge in [0.1, 0.15) is 11.6 Å². The van der Waals surface area contributed by atoms with Crippen LogP contribution in [0.3, 0.4) is 0 Å². The average molecular weight is 498 g/mol. The Hall–Kier alpha value is -3.43. The number of aryl methyl sites for hydroxylation is 1. The zero-order valence-corrected chi connectivity index (χ0v) is 20.7. The Bertz CT molecular complexity index is 1340. The predicted molar refractivity (Wildman–Crippen MR) is 134 cm³/mol. The standard InChI is InChI=1S/C26H28FN3O4S/c1-18-5-4-6-25(19(18)2)28-26(31)23-17-22(11-12-24(23)27)35(32,33)30-15-13-29(14-16-30)20-7-9-21(34-3)10-8-20/h4-12,17H,13-16H2,1-3H3,(H,28,31). The molecule has 0 atom stereocenters. The van der Waals surface area contributed by atoms with Crippen molar-refractivity contribution in [2.75, 3.05) is 43.5 Å². The Morgan fingerprint density at radius 3 is 2.31 bits per heavy atom. The smallest absolute Gasteiger partial charge is 0.258 e. The zero-order chi connectivity index (χ0) is 25.2. The maximum absolute atomic E-state index is 14.5. The summed E-state index contributed by atoms with van der Waals surface area (Å²) in [6.07, 6.45) is 0. The number of nitrogens with zero attached hydrogens (tertiary/aromatic N) is 2. The second-order valence-corrected chi connectivity index (χ2v) is 10.4. The fourth-order valence-corrected chi connectivity index (χ4v) is 5.49. The molecule has 1 saturated heterocycles. The minimum Gasteiger partial charge on any atom is -0.497 e. The van der Waals surface area contributed by atoms with Crippen molar-refractivity contribution in [3.63, 3.8) is 0 Å². The van der Waals surface area contributed by atoms with Crippen LogP contribution in [0.15, 0.2) is 65.6 Å². The molecule has 7 nitrogen and oxygen atoms in total. The monoisotopic (exact) mass is 497 g/mol. The highest BCUT2D eigenvalue weighted by molar-refractivity contribution is 7.89. The van der Waals surface area contributed by atoms with Gasteiger partial charge in [-0.3, -0.25) is 4.79 Å². The highest BCUT2D eigenvalue weighted by Crippen LogP contribution is 2.25. The van der Waals surface area contributed by atoms with Gasteiger partial charge in [-0.2, -0.15) is 4.31 Å². The summed E-state index contributed by atoms with van der Waals surface area (Å²) in [5.74, 6) is -0.725. The molecule has 1 aliphatic rings. The minimum absolute atomic E-state index is 0.108. The second-order valence-electron chi connectivity index (χ2n) is 8.43. The average Bonchev–Trinajstić information content (AvgIpc) is 2.87. The van der Waals surface area contributed by atoms with Crippen molar-refractivity contribution in [3.05, 3.63) is 83.2 Å². The van der Waals surface area contributed by atoms with E-state index in [1.807, 2.05) is 44.2 Å². The number of sulfonamides is 1. The number of rotatable bonds is 6. The molecule has 0 aliphatic carbocycles. The lowest BCUT2D eigenvalue weighted by atomic mass is 10.1. The molecule has 1 heterocycles. The largest absolute Gasteiger partial charge is 0.497 e. The number of ether oxygens (including phenoxy) is 1. The Labute approximate surface area is 205 Å². The van der Waals surface area contributed by atoms with Crippen molar-refractivity contribution < 1.29 is 22.3 Å². The third-order valence-corrected chi connectivity index (χ3v) is 8.24. The van der Waals surface area contributed by atoms with Gasteiger partial charge in [0.2, 0.25) is 10.0 Å². The number of piperazine rings is 1. The van der Waals surface area contributed by atoms with Crippen LogP contribution in [-0.2, 0) is 10.0 Å². The summed E-state index contributed by atoms with van der Waals surface area (Å²) in [7, 11) is -2.29. The van der Waals surface area contributed by atoms with Gasteiger partial charge in [-0.15, -0.1) is 0 Å². The molecule has 1 aliphatic heterocycles. The Kier molecular flexibility index (Phi) is 7.09. The highest BCUT2D eigenvalue weighted by atomic mass is 32.2. The molecule has 3 aromatic carbocycles. The molecule has 3 aromatic rings. The van der Waals surface area contributed by atoms with Crippen LogP contribution >= 0.6 is 0 Å².